The first-order valence-electron chi connectivity index (χ1n) is 14.0. The Morgan fingerprint density at radius 3 is 2.23 bits per heavy atom. The van der Waals surface area contributed by atoms with Crippen LogP contribution in [-0.4, -0.2) is 55.3 Å². The molecule has 236 valence electrons. The molecule has 2 aliphatic heterocycles. The molecular formula is C29H33F7N4O3. The van der Waals surface area contributed by atoms with Gasteiger partial charge in [0.2, 0.25) is 0 Å². The molecule has 43 heavy (non-hydrogen) atoms. The number of alkyl carbamates (subject to hydrolysis) is 1. The van der Waals surface area contributed by atoms with Crippen molar-refractivity contribution in [3.05, 3.63) is 70.0 Å². The molecule has 2 saturated heterocycles. The van der Waals surface area contributed by atoms with Gasteiger partial charge in [-0.3, -0.25) is 0 Å². The van der Waals surface area contributed by atoms with Crippen molar-refractivity contribution in [1.29, 1.82) is 0 Å². The average molecular weight is 619 g/mol. The molecule has 2 heterocycles. The molecule has 0 aliphatic carbocycles. The van der Waals surface area contributed by atoms with E-state index in [1.54, 1.807) is 6.92 Å². The summed E-state index contributed by atoms with van der Waals surface area (Å²) in [5, 5.41) is 8.65. The van der Waals surface area contributed by atoms with Gasteiger partial charge in [0.15, 0.2) is 0 Å². The normalized spacial score (nSPS) is 20.0. The molecule has 0 aromatic heterocycles. The van der Waals surface area contributed by atoms with Crippen LogP contribution in [-0.2, 0) is 23.5 Å². The first-order valence-corrected chi connectivity index (χ1v) is 14.0. The second kappa shape index (κ2) is 13.4. The molecule has 7 nitrogen and oxygen atoms in total. The van der Waals surface area contributed by atoms with E-state index in [9.17, 15) is 40.3 Å². The van der Waals surface area contributed by atoms with Crippen molar-refractivity contribution in [2.24, 2.45) is 0 Å². The van der Waals surface area contributed by atoms with Gasteiger partial charge in [0.1, 0.15) is 11.9 Å². The minimum absolute atomic E-state index is 0.0150. The standard InChI is InChI=1S/C29H33F7N4O3/c1-17-12-21(30)2-3-24(17)25-16-23(43-27(42)39-22-5-8-37-9-6-22)7-11-40(25)26(41)38-10-4-18-13-19(28(31,32)33)15-20(14-18)29(34,35)36/h2-3,12-15,22-23,25,37H,4-11,16H2,1H3,(H,38,41)(H,39,42)/t23-,25+/m0/s1. The van der Waals surface area contributed by atoms with E-state index in [1.807, 2.05) is 0 Å². The summed E-state index contributed by atoms with van der Waals surface area (Å²) in [4.78, 5) is 27.3. The highest BCUT2D eigenvalue weighted by atomic mass is 19.4. The number of likely N-dealkylation sites (tertiary alicyclic amines) is 1. The van der Waals surface area contributed by atoms with E-state index in [1.165, 1.54) is 23.1 Å². The SMILES string of the molecule is Cc1cc(F)ccc1[C@H]1C[C@@H](OC(=O)NC2CCNCC2)CCN1C(=O)NCCc1cc(C(F)(F)F)cc(C(F)(F)F)c1. The van der Waals surface area contributed by atoms with Crippen LogP contribution >= 0.6 is 0 Å². The van der Waals surface area contributed by atoms with Gasteiger partial charge in [-0.15, -0.1) is 0 Å². The third kappa shape index (κ3) is 8.74. The fourth-order valence-corrected chi connectivity index (χ4v) is 5.49. The number of hydrogen-bond acceptors (Lipinski definition) is 4. The lowest BCUT2D eigenvalue weighted by Crippen LogP contribution is -2.49. The Balaban J connectivity index is 1.44. The Morgan fingerprint density at radius 1 is 0.977 bits per heavy atom. The summed E-state index contributed by atoms with van der Waals surface area (Å²) in [5.41, 5.74) is -1.91. The summed E-state index contributed by atoms with van der Waals surface area (Å²) < 4.78 is 98.8. The highest BCUT2D eigenvalue weighted by Crippen LogP contribution is 2.37. The molecule has 4 rings (SSSR count). The van der Waals surface area contributed by atoms with Crippen molar-refractivity contribution < 1.29 is 45.1 Å². The number of carbonyl (C=O) groups excluding carboxylic acids is 2. The molecule has 14 heteroatoms. The highest BCUT2D eigenvalue weighted by Gasteiger charge is 2.38. The van der Waals surface area contributed by atoms with Crippen LogP contribution in [0, 0.1) is 12.7 Å². The van der Waals surface area contributed by atoms with Crippen LogP contribution in [0.5, 0.6) is 0 Å². The summed E-state index contributed by atoms with van der Waals surface area (Å²) in [6.45, 7) is 3.14. The lowest BCUT2D eigenvalue weighted by molar-refractivity contribution is -0.143. The number of ether oxygens (including phenoxy) is 1. The first-order chi connectivity index (χ1) is 20.2. The maximum Gasteiger partial charge on any atom is 0.416 e. The van der Waals surface area contributed by atoms with Gasteiger partial charge < -0.3 is 25.6 Å². The van der Waals surface area contributed by atoms with Crippen LogP contribution in [0.1, 0.15) is 59.5 Å². The second-order valence-corrected chi connectivity index (χ2v) is 10.8. The molecule has 2 atom stereocenters. The Morgan fingerprint density at radius 2 is 1.63 bits per heavy atom. The van der Waals surface area contributed by atoms with E-state index in [4.69, 9.17) is 4.74 Å². The van der Waals surface area contributed by atoms with Crippen molar-refractivity contribution >= 4 is 12.1 Å². The van der Waals surface area contributed by atoms with Crippen molar-refractivity contribution in [2.45, 2.75) is 69.6 Å². The van der Waals surface area contributed by atoms with Gasteiger partial charge in [0, 0.05) is 32.0 Å². The average Bonchev–Trinajstić information content (AvgIpc) is 2.92. The molecule has 3 N–H and O–H groups in total. The van der Waals surface area contributed by atoms with Crippen LogP contribution < -0.4 is 16.0 Å². The number of carbonyl (C=O) groups is 2. The topological polar surface area (TPSA) is 82.7 Å². The minimum Gasteiger partial charge on any atom is -0.446 e. The number of amides is 3. The maximum absolute atomic E-state index is 13.9. The number of rotatable bonds is 6. The molecular weight excluding hydrogens is 585 g/mol. The number of piperidine rings is 2. The number of nitrogens with zero attached hydrogens (tertiary/aromatic N) is 1. The van der Waals surface area contributed by atoms with Crippen LogP contribution in [0.15, 0.2) is 36.4 Å². The zero-order valence-corrected chi connectivity index (χ0v) is 23.4. The van der Waals surface area contributed by atoms with Gasteiger partial charge in [-0.25, -0.2) is 14.0 Å². The Hall–Kier alpha value is -3.55. The molecule has 0 saturated carbocycles. The van der Waals surface area contributed by atoms with E-state index in [2.05, 4.69) is 16.0 Å². The lowest BCUT2D eigenvalue weighted by atomic mass is 9.91. The molecule has 0 spiro atoms. The predicted octanol–water partition coefficient (Wildman–Crippen LogP) is 6.11. The third-order valence-corrected chi connectivity index (χ3v) is 7.68. The van der Waals surface area contributed by atoms with Gasteiger partial charge in [-0.05, 0) is 86.3 Å². The fraction of sp³-hybridized carbons (Fsp3) is 0.517. The fourth-order valence-electron chi connectivity index (χ4n) is 5.49. The van der Waals surface area contributed by atoms with Crippen LogP contribution in [0.25, 0.3) is 0 Å². The van der Waals surface area contributed by atoms with Crippen molar-refractivity contribution in [3.8, 4) is 0 Å². The Labute approximate surface area is 244 Å². The number of benzene rings is 2. The molecule has 2 aromatic rings. The van der Waals surface area contributed by atoms with Crippen molar-refractivity contribution in [2.75, 3.05) is 26.2 Å². The van der Waals surface area contributed by atoms with E-state index in [-0.39, 0.29) is 43.6 Å². The monoisotopic (exact) mass is 618 g/mol. The number of urea groups is 1. The summed E-state index contributed by atoms with van der Waals surface area (Å²) in [6, 6.07) is 4.16. The van der Waals surface area contributed by atoms with E-state index in [0.29, 0.717) is 29.7 Å². The molecule has 2 aliphatic rings. The summed E-state index contributed by atoms with van der Waals surface area (Å²) in [7, 11) is 0. The van der Waals surface area contributed by atoms with Gasteiger partial charge in [0.05, 0.1) is 17.2 Å². The number of alkyl halides is 6. The largest absolute Gasteiger partial charge is 0.446 e. The maximum atomic E-state index is 13.9. The smallest absolute Gasteiger partial charge is 0.416 e. The third-order valence-electron chi connectivity index (χ3n) is 7.68. The van der Waals surface area contributed by atoms with Crippen LogP contribution in [0.4, 0.5) is 40.3 Å². The molecule has 0 bridgehead atoms. The lowest BCUT2D eigenvalue weighted by Gasteiger charge is -2.40. The molecule has 2 aromatic carbocycles. The van der Waals surface area contributed by atoms with Gasteiger partial charge >= 0.3 is 24.5 Å². The molecule has 2 fully saturated rings. The zero-order chi connectivity index (χ0) is 31.4. The van der Waals surface area contributed by atoms with Gasteiger partial charge in [-0.2, -0.15) is 26.3 Å². The van der Waals surface area contributed by atoms with Crippen molar-refractivity contribution in [1.82, 2.24) is 20.9 Å². The number of aryl methyl sites for hydroxylation is 1. The Kier molecular flexibility index (Phi) is 10.1. The van der Waals surface area contributed by atoms with Gasteiger partial charge in [-0.1, -0.05) is 6.07 Å². The molecule has 3 amide bonds. The van der Waals surface area contributed by atoms with E-state index < -0.39 is 53.6 Å². The first kappa shape index (κ1) is 32.4. The van der Waals surface area contributed by atoms with Crippen LogP contribution in [0.3, 0.4) is 0 Å². The summed E-state index contributed by atoms with van der Waals surface area (Å²) in [5.74, 6) is -0.471. The summed E-state index contributed by atoms with van der Waals surface area (Å²) in [6.07, 6.45) is -9.31. The van der Waals surface area contributed by atoms with E-state index in [0.717, 1.165) is 25.9 Å². The van der Waals surface area contributed by atoms with Gasteiger partial charge in [0.25, 0.3) is 0 Å². The Bertz CT molecular complexity index is 1260. The second-order valence-electron chi connectivity index (χ2n) is 10.8. The van der Waals surface area contributed by atoms with Crippen molar-refractivity contribution in [3.63, 3.8) is 0 Å². The number of nitrogens with one attached hydrogen (secondary N) is 3. The minimum atomic E-state index is -4.98. The molecule has 0 radical (unpaired) electrons. The molecule has 0 unspecified atom stereocenters. The zero-order valence-electron chi connectivity index (χ0n) is 23.4. The quantitative estimate of drug-likeness (QED) is 0.342. The number of halogens is 7. The highest BCUT2D eigenvalue weighted by molar-refractivity contribution is 5.75. The summed E-state index contributed by atoms with van der Waals surface area (Å²) >= 11 is 0. The van der Waals surface area contributed by atoms with Crippen LogP contribution in [0.2, 0.25) is 0 Å². The van der Waals surface area contributed by atoms with E-state index >= 15 is 0 Å². The predicted molar refractivity (Wildman–Crippen MR) is 143 cm³/mol. The number of hydrogen-bond donors (Lipinski definition) is 3.